The number of methoxy groups -OCH3 is 1. The molecule has 5 heteroatoms. The zero-order chi connectivity index (χ0) is 16.3. The molecule has 2 fully saturated rings. The van der Waals surface area contributed by atoms with E-state index in [4.69, 9.17) is 14.2 Å². The van der Waals surface area contributed by atoms with Crippen molar-refractivity contribution < 1.29 is 14.2 Å². The van der Waals surface area contributed by atoms with E-state index in [9.17, 15) is 0 Å². The largest absolute Gasteiger partial charge is 0.481 e. The van der Waals surface area contributed by atoms with Gasteiger partial charge in [0, 0.05) is 43.7 Å². The summed E-state index contributed by atoms with van der Waals surface area (Å²) < 4.78 is 17.1. The van der Waals surface area contributed by atoms with Gasteiger partial charge in [-0.15, -0.1) is 0 Å². The number of nitrogens with zero attached hydrogens (tertiary/aromatic N) is 1. The van der Waals surface area contributed by atoms with Gasteiger partial charge in [0.2, 0.25) is 5.88 Å². The summed E-state index contributed by atoms with van der Waals surface area (Å²) in [5, 5.41) is 3.70. The van der Waals surface area contributed by atoms with E-state index in [2.05, 4.69) is 23.3 Å². The van der Waals surface area contributed by atoms with Crippen LogP contribution in [0.5, 0.6) is 5.88 Å². The predicted molar refractivity (Wildman–Crippen MR) is 88.9 cm³/mol. The molecule has 1 aromatic heterocycles. The van der Waals surface area contributed by atoms with Gasteiger partial charge in [0.05, 0.1) is 12.7 Å². The lowest BCUT2D eigenvalue weighted by Crippen LogP contribution is -2.49. The molecule has 0 aliphatic carbocycles. The molecule has 0 unspecified atom stereocenters. The Labute approximate surface area is 138 Å². The molecule has 5 nitrogen and oxygen atoms in total. The zero-order valence-electron chi connectivity index (χ0n) is 14.5. The van der Waals surface area contributed by atoms with Gasteiger partial charge in [-0.3, -0.25) is 0 Å². The van der Waals surface area contributed by atoms with Crippen molar-refractivity contribution in [3.05, 3.63) is 22.9 Å². The molecule has 1 aromatic rings. The molecule has 23 heavy (non-hydrogen) atoms. The van der Waals surface area contributed by atoms with Crippen LogP contribution in [-0.2, 0) is 16.0 Å². The van der Waals surface area contributed by atoms with Crippen LogP contribution in [0.1, 0.15) is 42.5 Å². The predicted octanol–water partition coefficient (Wildman–Crippen LogP) is 2.52. The highest BCUT2D eigenvalue weighted by atomic mass is 16.5. The Bertz CT molecular complexity index is 536. The van der Waals surface area contributed by atoms with E-state index in [0.29, 0.717) is 6.04 Å². The maximum Gasteiger partial charge on any atom is 0.218 e. The van der Waals surface area contributed by atoms with Crippen molar-refractivity contribution >= 4 is 0 Å². The standard InChI is InChI=1S/C18H28N2O3/c1-13-10-14(2)20-17(21-3)16(13)12-19-15-4-7-23-18(11-15)5-8-22-9-6-18/h10,15,19H,4-9,11-12H2,1-3H3/t15-/m1/s1. The van der Waals surface area contributed by atoms with Crippen molar-refractivity contribution in [2.75, 3.05) is 26.9 Å². The number of hydrogen-bond donors (Lipinski definition) is 1. The van der Waals surface area contributed by atoms with Crippen LogP contribution in [0.2, 0.25) is 0 Å². The average molecular weight is 320 g/mol. The van der Waals surface area contributed by atoms with Crippen molar-refractivity contribution in [1.29, 1.82) is 0 Å². The van der Waals surface area contributed by atoms with E-state index in [1.807, 2.05) is 6.92 Å². The molecule has 3 heterocycles. The fourth-order valence-corrected chi connectivity index (χ4v) is 3.75. The lowest BCUT2D eigenvalue weighted by Gasteiger charge is -2.43. The second kappa shape index (κ2) is 7.16. The summed E-state index contributed by atoms with van der Waals surface area (Å²) in [5.74, 6) is 0.739. The summed E-state index contributed by atoms with van der Waals surface area (Å²) in [7, 11) is 1.69. The van der Waals surface area contributed by atoms with Crippen LogP contribution in [0.4, 0.5) is 0 Å². The third-order valence-electron chi connectivity index (χ3n) is 5.10. The molecule has 0 saturated carbocycles. The Hall–Kier alpha value is -1.17. The van der Waals surface area contributed by atoms with E-state index in [-0.39, 0.29) is 5.60 Å². The Morgan fingerprint density at radius 1 is 1.30 bits per heavy atom. The Morgan fingerprint density at radius 3 is 2.83 bits per heavy atom. The first-order valence-electron chi connectivity index (χ1n) is 8.58. The highest BCUT2D eigenvalue weighted by Gasteiger charge is 2.38. The third-order valence-corrected chi connectivity index (χ3v) is 5.10. The van der Waals surface area contributed by atoms with Crippen molar-refractivity contribution in [1.82, 2.24) is 10.3 Å². The topological polar surface area (TPSA) is 52.6 Å². The monoisotopic (exact) mass is 320 g/mol. The summed E-state index contributed by atoms with van der Waals surface area (Å²) in [6.45, 7) is 7.39. The minimum atomic E-state index is 0.0266. The SMILES string of the molecule is COc1nc(C)cc(C)c1CN[C@@H]1CCOC2(CCOCC2)C1. The second-order valence-corrected chi connectivity index (χ2v) is 6.78. The van der Waals surface area contributed by atoms with Crippen molar-refractivity contribution in [3.63, 3.8) is 0 Å². The number of aryl methyl sites for hydroxylation is 2. The Morgan fingerprint density at radius 2 is 2.09 bits per heavy atom. The summed E-state index contributed by atoms with van der Waals surface area (Å²) in [6, 6.07) is 2.59. The average Bonchev–Trinajstić information content (AvgIpc) is 2.54. The molecule has 2 saturated heterocycles. The van der Waals surface area contributed by atoms with Crippen LogP contribution < -0.4 is 10.1 Å². The van der Waals surface area contributed by atoms with Gasteiger partial charge in [0.15, 0.2) is 0 Å². The van der Waals surface area contributed by atoms with Gasteiger partial charge in [-0.25, -0.2) is 4.98 Å². The number of aromatic nitrogens is 1. The van der Waals surface area contributed by atoms with Gasteiger partial charge in [-0.2, -0.15) is 0 Å². The first-order valence-corrected chi connectivity index (χ1v) is 8.58. The highest BCUT2D eigenvalue weighted by Crippen LogP contribution is 2.34. The molecule has 1 spiro atoms. The molecule has 3 rings (SSSR count). The van der Waals surface area contributed by atoms with E-state index in [1.54, 1.807) is 7.11 Å². The van der Waals surface area contributed by atoms with Gasteiger partial charge in [-0.05, 0) is 51.2 Å². The molecule has 0 radical (unpaired) electrons. The van der Waals surface area contributed by atoms with Crippen molar-refractivity contribution in [3.8, 4) is 5.88 Å². The number of ether oxygens (including phenoxy) is 3. The van der Waals surface area contributed by atoms with Crippen LogP contribution >= 0.6 is 0 Å². The van der Waals surface area contributed by atoms with E-state index in [1.165, 1.54) is 5.56 Å². The molecular formula is C18H28N2O3. The summed E-state index contributed by atoms with van der Waals surface area (Å²) in [5.41, 5.74) is 3.41. The third kappa shape index (κ3) is 3.84. The molecule has 128 valence electrons. The number of nitrogens with one attached hydrogen (secondary N) is 1. The Kier molecular flexibility index (Phi) is 5.19. The van der Waals surface area contributed by atoms with Crippen LogP contribution in [0, 0.1) is 13.8 Å². The molecule has 1 N–H and O–H groups in total. The van der Waals surface area contributed by atoms with Gasteiger partial charge >= 0.3 is 0 Å². The lowest BCUT2D eigenvalue weighted by molar-refractivity contribution is -0.140. The minimum absolute atomic E-state index is 0.0266. The minimum Gasteiger partial charge on any atom is -0.481 e. The van der Waals surface area contributed by atoms with E-state index < -0.39 is 0 Å². The first-order chi connectivity index (χ1) is 11.1. The number of rotatable bonds is 4. The van der Waals surface area contributed by atoms with Crippen LogP contribution in [-0.4, -0.2) is 43.6 Å². The highest BCUT2D eigenvalue weighted by molar-refractivity contribution is 5.35. The number of hydrogen-bond acceptors (Lipinski definition) is 5. The zero-order valence-corrected chi connectivity index (χ0v) is 14.5. The van der Waals surface area contributed by atoms with Gasteiger partial charge < -0.3 is 19.5 Å². The molecule has 2 aliphatic heterocycles. The maximum atomic E-state index is 6.12. The molecule has 0 aromatic carbocycles. The maximum absolute atomic E-state index is 6.12. The van der Waals surface area contributed by atoms with Gasteiger partial charge in [-0.1, -0.05) is 0 Å². The fourth-order valence-electron chi connectivity index (χ4n) is 3.75. The van der Waals surface area contributed by atoms with Crippen LogP contribution in [0.3, 0.4) is 0 Å². The summed E-state index contributed by atoms with van der Waals surface area (Å²) in [4.78, 5) is 4.50. The van der Waals surface area contributed by atoms with E-state index >= 15 is 0 Å². The normalized spacial score (nSPS) is 23.9. The quantitative estimate of drug-likeness (QED) is 0.924. The molecular weight excluding hydrogens is 292 g/mol. The van der Waals surface area contributed by atoms with Crippen molar-refractivity contribution in [2.24, 2.45) is 0 Å². The molecule has 2 aliphatic rings. The second-order valence-electron chi connectivity index (χ2n) is 6.78. The fraction of sp³-hybridized carbons (Fsp3) is 0.722. The van der Waals surface area contributed by atoms with Crippen LogP contribution in [0.25, 0.3) is 0 Å². The molecule has 0 amide bonds. The Balaban J connectivity index is 1.64. The van der Waals surface area contributed by atoms with Gasteiger partial charge in [0.1, 0.15) is 0 Å². The van der Waals surface area contributed by atoms with Crippen molar-refractivity contribution in [2.45, 2.75) is 57.7 Å². The van der Waals surface area contributed by atoms with Crippen LogP contribution in [0.15, 0.2) is 6.07 Å². The summed E-state index contributed by atoms with van der Waals surface area (Å²) in [6.07, 6.45) is 4.15. The summed E-state index contributed by atoms with van der Waals surface area (Å²) >= 11 is 0. The number of pyridine rings is 1. The molecule has 1 atom stereocenters. The van der Waals surface area contributed by atoms with Gasteiger partial charge in [0.25, 0.3) is 0 Å². The first kappa shape index (κ1) is 16.7. The lowest BCUT2D eigenvalue weighted by atomic mass is 9.84. The molecule has 0 bridgehead atoms. The van der Waals surface area contributed by atoms with E-state index in [0.717, 1.165) is 69.2 Å². The smallest absolute Gasteiger partial charge is 0.218 e.